The van der Waals surface area contributed by atoms with Crippen LogP contribution < -0.4 is 0 Å². The van der Waals surface area contributed by atoms with Gasteiger partial charge in [-0.25, -0.2) is 9.78 Å². The zero-order chi connectivity index (χ0) is 14.7. The van der Waals surface area contributed by atoms with Crippen molar-refractivity contribution in [1.82, 2.24) is 15.2 Å². The van der Waals surface area contributed by atoms with E-state index in [4.69, 9.17) is 9.15 Å². The summed E-state index contributed by atoms with van der Waals surface area (Å²) in [6.07, 6.45) is 3.00. The molecule has 0 saturated carbocycles. The van der Waals surface area contributed by atoms with Crippen molar-refractivity contribution < 1.29 is 13.9 Å². The first-order valence-electron chi connectivity index (χ1n) is 6.63. The highest BCUT2D eigenvalue weighted by Gasteiger charge is 2.18. The Balaban J connectivity index is 1.99. The molecule has 0 aliphatic carbocycles. The lowest BCUT2D eigenvalue weighted by Gasteiger charge is -2.05. The van der Waals surface area contributed by atoms with Crippen LogP contribution in [0.25, 0.3) is 0 Å². The number of aromatic nitrogens is 3. The molecular formula is C14H19N3O3. The molecule has 108 valence electrons. The first-order valence-corrected chi connectivity index (χ1v) is 6.63. The minimum atomic E-state index is -0.406. The normalized spacial score (nSPS) is 11.3. The van der Waals surface area contributed by atoms with Crippen molar-refractivity contribution in [3.8, 4) is 0 Å². The Morgan fingerprint density at radius 2 is 2.10 bits per heavy atom. The van der Waals surface area contributed by atoms with Gasteiger partial charge in [0.25, 0.3) is 0 Å². The zero-order valence-electron chi connectivity index (χ0n) is 12.1. The molecule has 0 aliphatic rings. The molecule has 0 amide bonds. The predicted octanol–water partition coefficient (Wildman–Crippen LogP) is 3.00. The second kappa shape index (κ2) is 5.90. The highest BCUT2D eigenvalue weighted by Crippen LogP contribution is 2.18. The Morgan fingerprint density at radius 3 is 2.70 bits per heavy atom. The molecule has 2 heterocycles. The molecule has 0 saturated heterocycles. The molecule has 20 heavy (non-hydrogen) atoms. The zero-order valence-corrected chi connectivity index (χ0v) is 12.1. The van der Waals surface area contributed by atoms with Crippen molar-refractivity contribution in [2.45, 2.75) is 46.1 Å². The van der Waals surface area contributed by atoms with E-state index < -0.39 is 5.97 Å². The number of rotatable bonds is 5. The van der Waals surface area contributed by atoms with Gasteiger partial charge in [0.15, 0.2) is 5.89 Å². The van der Waals surface area contributed by atoms with E-state index in [1.165, 1.54) is 12.5 Å². The second-order valence-corrected chi connectivity index (χ2v) is 5.26. The molecule has 6 heteroatoms. The van der Waals surface area contributed by atoms with Crippen LogP contribution in [0.2, 0.25) is 0 Å². The highest BCUT2D eigenvalue weighted by atomic mass is 16.5. The number of H-pyrrole nitrogens is 1. The van der Waals surface area contributed by atoms with Crippen LogP contribution in [0.3, 0.4) is 0 Å². The smallest absolute Gasteiger partial charge is 0.342 e. The van der Waals surface area contributed by atoms with Crippen LogP contribution in [0.5, 0.6) is 0 Å². The van der Waals surface area contributed by atoms with E-state index in [0.717, 1.165) is 5.69 Å². The molecule has 0 fully saturated rings. The molecule has 2 aromatic heterocycles. The minimum absolute atomic E-state index is 0.0950. The van der Waals surface area contributed by atoms with E-state index >= 15 is 0 Å². The Bertz CT molecular complexity index is 584. The number of carbonyl (C=O) groups excluding carboxylic acids is 1. The molecule has 2 aromatic rings. The molecule has 0 atom stereocenters. The summed E-state index contributed by atoms with van der Waals surface area (Å²) in [6, 6.07) is 0. The van der Waals surface area contributed by atoms with E-state index in [0.29, 0.717) is 17.1 Å². The van der Waals surface area contributed by atoms with Gasteiger partial charge in [-0.3, -0.25) is 5.10 Å². The number of hydrogen-bond acceptors (Lipinski definition) is 5. The van der Waals surface area contributed by atoms with Crippen LogP contribution in [0, 0.1) is 0 Å². The van der Waals surface area contributed by atoms with Gasteiger partial charge >= 0.3 is 5.97 Å². The Labute approximate surface area is 117 Å². The minimum Gasteiger partial charge on any atom is -0.455 e. The maximum Gasteiger partial charge on any atom is 0.342 e. The molecule has 0 spiro atoms. The van der Waals surface area contributed by atoms with Gasteiger partial charge in [-0.2, -0.15) is 5.10 Å². The maximum atomic E-state index is 12.0. The van der Waals surface area contributed by atoms with Crippen LogP contribution in [0.15, 0.2) is 16.9 Å². The Hall–Kier alpha value is -2.11. The lowest BCUT2D eigenvalue weighted by atomic mass is 10.1. The molecule has 1 N–H and O–H groups in total. The summed E-state index contributed by atoms with van der Waals surface area (Å²) >= 11 is 0. The van der Waals surface area contributed by atoms with Crippen LogP contribution in [-0.4, -0.2) is 21.2 Å². The van der Waals surface area contributed by atoms with Gasteiger partial charge in [-0.1, -0.05) is 27.7 Å². The number of nitrogens with zero attached hydrogens (tertiary/aromatic N) is 2. The first-order chi connectivity index (χ1) is 9.49. The number of ether oxygens (including phenoxy) is 1. The van der Waals surface area contributed by atoms with E-state index in [-0.39, 0.29) is 18.4 Å². The van der Waals surface area contributed by atoms with E-state index in [1.54, 1.807) is 0 Å². The van der Waals surface area contributed by atoms with Crippen LogP contribution >= 0.6 is 0 Å². The molecule has 0 radical (unpaired) electrons. The van der Waals surface area contributed by atoms with Crippen molar-refractivity contribution in [2.24, 2.45) is 0 Å². The van der Waals surface area contributed by atoms with Crippen LogP contribution in [0.4, 0.5) is 0 Å². The molecule has 0 aromatic carbocycles. The van der Waals surface area contributed by atoms with Gasteiger partial charge in [-0.15, -0.1) is 0 Å². The quantitative estimate of drug-likeness (QED) is 0.850. The standard InChI is InChI=1S/C14H19N3O3/c1-8(2)12-11(5-15-17-12)14(18)20-7-10-6-19-13(16-10)9(3)4/h5-6,8-9H,7H2,1-4H3,(H,15,17). The number of carbonyl (C=O) groups is 1. The Morgan fingerprint density at radius 1 is 1.35 bits per heavy atom. The van der Waals surface area contributed by atoms with Gasteiger partial charge in [-0.05, 0) is 5.92 Å². The predicted molar refractivity (Wildman–Crippen MR) is 72.4 cm³/mol. The number of esters is 1. The molecular weight excluding hydrogens is 258 g/mol. The number of hydrogen-bond donors (Lipinski definition) is 1. The third-order valence-electron chi connectivity index (χ3n) is 2.88. The summed E-state index contributed by atoms with van der Waals surface area (Å²) in [5.74, 6) is 0.624. The summed E-state index contributed by atoms with van der Waals surface area (Å²) < 4.78 is 10.5. The molecule has 0 bridgehead atoms. The van der Waals surface area contributed by atoms with Crippen molar-refractivity contribution in [3.63, 3.8) is 0 Å². The molecule has 6 nitrogen and oxygen atoms in total. The summed E-state index contributed by atoms with van der Waals surface area (Å²) in [4.78, 5) is 16.3. The maximum absolute atomic E-state index is 12.0. The van der Waals surface area contributed by atoms with Crippen molar-refractivity contribution in [3.05, 3.63) is 35.3 Å². The fourth-order valence-electron chi connectivity index (χ4n) is 1.77. The number of aromatic amines is 1. The lowest BCUT2D eigenvalue weighted by molar-refractivity contribution is 0.0466. The van der Waals surface area contributed by atoms with Gasteiger partial charge < -0.3 is 9.15 Å². The molecule has 2 rings (SSSR count). The third kappa shape index (κ3) is 3.07. The summed E-state index contributed by atoms with van der Waals surface area (Å²) in [7, 11) is 0. The SMILES string of the molecule is CC(C)c1nc(COC(=O)c2cn[nH]c2C(C)C)co1. The van der Waals surface area contributed by atoms with E-state index in [1.807, 2.05) is 27.7 Å². The summed E-state index contributed by atoms with van der Waals surface area (Å²) in [5, 5.41) is 6.71. The monoisotopic (exact) mass is 277 g/mol. The second-order valence-electron chi connectivity index (χ2n) is 5.26. The average Bonchev–Trinajstić information content (AvgIpc) is 3.04. The largest absolute Gasteiger partial charge is 0.455 e. The number of oxazole rings is 1. The average molecular weight is 277 g/mol. The summed E-state index contributed by atoms with van der Waals surface area (Å²) in [6.45, 7) is 8.04. The topological polar surface area (TPSA) is 81.0 Å². The molecule has 0 aliphatic heterocycles. The molecule has 0 unspecified atom stereocenters. The summed E-state index contributed by atoms with van der Waals surface area (Å²) in [5.41, 5.74) is 1.85. The van der Waals surface area contributed by atoms with E-state index in [2.05, 4.69) is 15.2 Å². The van der Waals surface area contributed by atoms with Crippen molar-refractivity contribution in [2.75, 3.05) is 0 Å². The number of nitrogens with one attached hydrogen (secondary N) is 1. The van der Waals surface area contributed by atoms with Gasteiger partial charge in [0.05, 0.1) is 11.9 Å². The highest BCUT2D eigenvalue weighted by molar-refractivity contribution is 5.90. The fraction of sp³-hybridized carbons (Fsp3) is 0.500. The lowest BCUT2D eigenvalue weighted by Crippen LogP contribution is -2.08. The van der Waals surface area contributed by atoms with Gasteiger partial charge in [0.2, 0.25) is 0 Å². The van der Waals surface area contributed by atoms with Crippen molar-refractivity contribution >= 4 is 5.97 Å². The van der Waals surface area contributed by atoms with Crippen molar-refractivity contribution in [1.29, 1.82) is 0 Å². The Kier molecular flexibility index (Phi) is 4.22. The van der Waals surface area contributed by atoms with E-state index in [9.17, 15) is 4.79 Å². The first kappa shape index (κ1) is 14.3. The van der Waals surface area contributed by atoms with Crippen LogP contribution in [0.1, 0.15) is 67.2 Å². The van der Waals surface area contributed by atoms with Crippen LogP contribution in [-0.2, 0) is 11.3 Å². The van der Waals surface area contributed by atoms with Gasteiger partial charge in [0.1, 0.15) is 24.1 Å². The third-order valence-corrected chi connectivity index (χ3v) is 2.88. The fourth-order valence-corrected chi connectivity index (χ4v) is 1.77. The van der Waals surface area contributed by atoms with Gasteiger partial charge in [0, 0.05) is 5.92 Å².